The molecule has 25 heavy (non-hydrogen) atoms. The molecule has 0 spiro atoms. The van der Waals surface area contributed by atoms with Crippen molar-refractivity contribution in [3.63, 3.8) is 0 Å². The van der Waals surface area contributed by atoms with E-state index in [-0.39, 0.29) is 11.8 Å². The lowest BCUT2D eigenvalue weighted by molar-refractivity contribution is -0.129. The van der Waals surface area contributed by atoms with Crippen molar-refractivity contribution in [1.29, 1.82) is 0 Å². The number of amides is 2. The van der Waals surface area contributed by atoms with Crippen LogP contribution in [-0.4, -0.2) is 17.4 Å². The zero-order valence-corrected chi connectivity index (χ0v) is 14.6. The molecular formula is C19H22N2O4. The number of hydrogen-bond acceptors (Lipinski definition) is 4. The summed E-state index contributed by atoms with van der Waals surface area (Å²) in [5, 5.41) is 5.64. The van der Waals surface area contributed by atoms with Crippen molar-refractivity contribution in [2.24, 2.45) is 0 Å². The third-order valence-corrected chi connectivity index (χ3v) is 4.09. The Morgan fingerprint density at radius 2 is 1.96 bits per heavy atom. The van der Waals surface area contributed by atoms with E-state index in [0.717, 1.165) is 17.9 Å². The average Bonchev–Trinajstić information content (AvgIpc) is 3.02. The lowest BCUT2D eigenvalue weighted by atomic mass is 10.1. The van der Waals surface area contributed by atoms with Gasteiger partial charge in [0.25, 0.3) is 5.91 Å². The number of benzene rings is 1. The van der Waals surface area contributed by atoms with Crippen molar-refractivity contribution >= 4 is 23.2 Å². The van der Waals surface area contributed by atoms with Crippen molar-refractivity contribution in [3.05, 3.63) is 41.9 Å². The van der Waals surface area contributed by atoms with E-state index in [4.69, 9.17) is 9.15 Å². The van der Waals surface area contributed by atoms with E-state index in [1.807, 2.05) is 19.1 Å². The number of aryl methyl sites for hydroxylation is 2. The number of nitrogens with one attached hydrogen (secondary N) is 2. The highest BCUT2D eigenvalue weighted by atomic mass is 16.5. The largest absolute Gasteiger partial charge is 0.476 e. The molecule has 0 saturated carbocycles. The van der Waals surface area contributed by atoms with Gasteiger partial charge in [-0.2, -0.15) is 0 Å². The minimum atomic E-state index is -0.939. The lowest BCUT2D eigenvalue weighted by Gasteiger charge is -2.31. The Morgan fingerprint density at radius 1 is 1.20 bits per heavy atom. The van der Waals surface area contributed by atoms with Gasteiger partial charge in [-0.05, 0) is 38.1 Å². The summed E-state index contributed by atoms with van der Waals surface area (Å²) in [4.78, 5) is 24.0. The van der Waals surface area contributed by atoms with Crippen LogP contribution in [0.2, 0.25) is 0 Å². The quantitative estimate of drug-likeness (QED) is 0.871. The smallest absolute Gasteiger partial charge is 0.268 e. The molecular weight excluding hydrogens is 320 g/mol. The maximum atomic E-state index is 12.1. The third-order valence-electron chi connectivity index (χ3n) is 4.09. The van der Waals surface area contributed by atoms with Crippen LogP contribution in [0.5, 0.6) is 5.75 Å². The van der Waals surface area contributed by atoms with Gasteiger partial charge < -0.3 is 19.8 Å². The first-order valence-corrected chi connectivity index (χ1v) is 8.39. The summed E-state index contributed by atoms with van der Waals surface area (Å²) >= 11 is 0. The zero-order valence-electron chi connectivity index (χ0n) is 14.6. The molecule has 0 bridgehead atoms. The van der Waals surface area contributed by atoms with Gasteiger partial charge >= 0.3 is 0 Å². The van der Waals surface area contributed by atoms with Crippen LogP contribution in [0.3, 0.4) is 0 Å². The van der Waals surface area contributed by atoms with E-state index in [9.17, 15) is 9.59 Å². The Hall–Kier alpha value is -2.76. The van der Waals surface area contributed by atoms with E-state index in [1.165, 1.54) is 0 Å². The average molecular weight is 342 g/mol. The fraction of sp³-hybridized carbons (Fsp3) is 0.368. The summed E-state index contributed by atoms with van der Waals surface area (Å²) < 4.78 is 11.3. The Balaban J connectivity index is 1.61. The van der Waals surface area contributed by atoms with Crippen LogP contribution < -0.4 is 15.4 Å². The Kier molecular flexibility index (Phi) is 4.53. The second-order valence-corrected chi connectivity index (χ2v) is 6.55. The molecule has 1 aromatic heterocycles. The molecule has 1 aromatic carbocycles. The van der Waals surface area contributed by atoms with Gasteiger partial charge in [0.2, 0.25) is 5.91 Å². The second-order valence-electron chi connectivity index (χ2n) is 6.55. The molecule has 0 saturated heterocycles. The topological polar surface area (TPSA) is 80.6 Å². The van der Waals surface area contributed by atoms with Crippen molar-refractivity contribution in [1.82, 2.24) is 0 Å². The molecule has 2 amide bonds. The molecule has 132 valence electrons. The summed E-state index contributed by atoms with van der Waals surface area (Å²) in [5.41, 5.74) is 0.292. The molecule has 6 nitrogen and oxygen atoms in total. The first-order valence-electron chi connectivity index (χ1n) is 8.39. The number of carbonyl (C=O) groups is 2. The van der Waals surface area contributed by atoms with Gasteiger partial charge in [0.1, 0.15) is 17.3 Å². The SMILES string of the molecule is CCc1ccc(CCC(=O)Nc2ccc3c(c2)OC(C)(C)C(=O)N3)o1. The fourth-order valence-electron chi connectivity index (χ4n) is 2.59. The van der Waals surface area contributed by atoms with Gasteiger partial charge in [-0.25, -0.2) is 0 Å². The fourth-order valence-corrected chi connectivity index (χ4v) is 2.59. The van der Waals surface area contributed by atoms with E-state index in [1.54, 1.807) is 32.0 Å². The predicted molar refractivity (Wildman–Crippen MR) is 94.8 cm³/mol. The van der Waals surface area contributed by atoms with Gasteiger partial charge in [0.05, 0.1) is 5.69 Å². The van der Waals surface area contributed by atoms with E-state index >= 15 is 0 Å². The minimum absolute atomic E-state index is 0.103. The molecule has 0 fully saturated rings. The number of fused-ring (bicyclic) bond motifs is 1. The second kappa shape index (κ2) is 6.63. The van der Waals surface area contributed by atoms with Crippen LogP contribution in [0.4, 0.5) is 11.4 Å². The molecule has 0 radical (unpaired) electrons. The van der Waals surface area contributed by atoms with E-state index in [0.29, 0.717) is 30.0 Å². The molecule has 2 heterocycles. The summed E-state index contributed by atoms with van der Waals surface area (Å²) in [6.07, 6.45) is 1.72. The van der Waals surface area contributed by atoms with Crippen LogP contribution in [0.25, 0.3) is 0 Å². The highest BCUT2D eigenvalue weighted by Crippen LogP contribution is 2.35. The van der Waals surface area contributed by atoms with Crippen LogP contribution in [0.15, 0.2) is 34.7 Å². The van der Waals surface area contributed by atoms with Gasteiger partial charge in [-0.1, -0.05) is 6.92 Å². The van der Waals surface area contributed by atoms with E-state index < -0.39 is 5.60 Å². The number of hydrogen-bond donors (Lipinski definition) is 2. The number of rotatable bonds is 5. The first kappa shape index (κ1) is 17.1. The minimum Gasteiger partial charge on any atom is -0.476 e. The summed E-state index contributed by atoms with van der Waals surface area (Å²) in [7, 11) is 0. The molecule has 1 aliphatic heterocycles. The molecule has 0 aliphatic carbocycles. The third kappa shape index (κ3) is 3.84. The lowest BCUT2D eigenvalue weighted by Crippen LogP contribution is -2.45. The Labute approximate surface area is 146 Å². The normalized spacial score (nSPS) is 15.1. The molecule has 3 rings (SSSR count). The molecule has 6 heteroatoms. The summed E-state index contributed by atoms with van der Waals surface area (Å²) in [5.74, 6) is 1.98. The van der Waals surface area contributed by atoms with Crippen LogP contribution in [0, 0.1) is 0 Å². The highest BCUT2D eigenvalue weighted by Gasteiger charge is 2.35. The van der Waals surface area contributed by atoms with Gasteiger partial charge in [0, 0.05) is 31.0 Å². The predicted octanol–water partition coefficient (Wildman–Crippen LogP) is 3.52. The monoisotopic (exact) mass is 342 g/mol. The molecule has 2 aromatic rings. The zero-order chi connectivity index (χ0) is 18.0. The molecule has 2 N–H and O–H groups in total. The van der Waals surface area contributed by atoms with Crippen LogP contribution in [0.1, 0.15) is 38.7 Å². The maximum Gasteiger partial charge on any atom is 0.268 e. The maximum absolute atomic E-state index is 12.1. The molecule has 1 aliphatic rings. The van der Waals surface area contributed by atoms with Crippen LogP contribution >= 0.6 is 0 Å². The van der Waals surface area contributed by atoms with E-state index in [2.05, 4.69) is 10.6 Å². The summed E-state index contributed by atoms with van der Waals surface area (Å²) in [6, 6.07) is 9.02. The molecule has 0 atom stereocenters. The van der Waals surface area contributed by atoms with Crippen molar-refractivity contribution in [2.45, 2.75) is 45.6 Å². The number of carbonyl (C=O) groups excluding carboxylic acids is 2. The van der Waals surface area contributed by atoms with Gasteiger partial charge in [0.15, 0.2) is 5.60 Å². The number of anilines is 2. The Bertz CT molecular complexity index is 808. The van der Waals surface area contributed by atoms with Crippen LogP contribution in [-0.2, 0) is 22.4 Å². The molecule has 0 unspecified atom stereocenters. The van der Waals surface area contributed by atoms with Crippen molar-refractivity contribution < 1.29 is 18.7 Å². The number of ether oxygens (including phenoxy) is 1. The standard InChI is InChI=1S/C19H22N2O4/c1-4-13-6-7-14(24-13)8-10-17(22)20-12-5-9-15-16(11-12)25-19(2,3)18(23)21-15/h5-7,9,11H,4,8,10H2,1-3H3,(H,20,22)(H,21,23). The van der Waals surface area contributed by atoms with Gasteiger partial charge in [-0.3, -0.25) is 9.59 Å². The number of furan rings is 1. The van der Waals surface area contributed by atoms with Crippen molar-refractivity contribution in [3.8, 4) is 5.75 Å². The highest BCUT2D eigenvalue weighted by molar-refractivity contribution is 6.01. The van der Waals surface area contributed by atoms with Gasteiger partial charge in [-0.15, -0.1) is 0 Å². The Morgan fingerprint density at radius 3 is 2.68 bits per heavy atom. The van der Waals surface area contributed by atoms with Crippen molar-refractivity contribution in [2.75, 3.05) is 10.6 Å². The first-order chi connectivity index (χ1) is 11.9. The summed E-state index contributed by atoms with van der Waals surface area (Å²) in [6.45, 7) is 5.42.